The summed E-state index contributed by atoms with van der Waals surface area (Å²) in [5.41, 5.74) is 0.649. The van der Waals surface area contributed by atoms with E-state index in [1.165, 1.54) is 0 Å². The molecule has 2 aromatic rings. The molecule has 1 heterocycles. The number of nitrogens with one attached hydrogen (secondary N) is 1. The van der Waals surface area contributed by atoms with Crippen LogP contribution in [0, 0.1) is 11.3 Å². The van der Waals surface area contributed by atoms with Gasteiger partial charge < -0.3 is 10.0 Å². The first-order chi connectivity index (χ1) is 19.5. The van der Waals surface area contributed by atoms with E-state index in [4.69, 9.17) is 23.2 Å². The minimum atomic E-state index is -3.55. The molecule has 3 aliphatic rings. The van der Waals surface area contributed by atoms with E-state index in [0.29, 0.717) is 35.7 Å². The van der Waals surface area contributed by atoms with Crippen LogP contribution in [0.5, 0.6) is 0 Å². The number of nitrogens with zero attached hydrogens (tertiary/aromatic N) is 1. The Bertz CT molecular complexity index is 1380. The maximum Gasteiger partial charge on any atom is 0.304 e. The highest BCUT2D eigenvalue weighted by Crippen LogP contribution is 2.55. The lowest BCUT2D eigenvalue weighted by molar-refractivity contribution is -0.162. The number of carboxylic acids is 1. The number of carboxylic acid groups (broad SMARTS) is 1. The summed E-state index contributed by atoms with van der Waals surface area (Å²) in [6, 6.07) is 14.1. The van der Waals surface area contributed by atoms with Crippen molar-refractivity contribution in [1.29, 1.82) is 0 Å². The molecule has 1 amide bonds. The average molecular weight is 622 g/mol. The number of halogens is 2. The van der Waals surface area contributed by atoms with Gasteiger partial charge in [0.05, 0.1) is 23.1 Å². The summed E-state index contributed by atoms with van der Waals surface area (Å²) in [6.45, 7) is 1.97. The quantitative estimate of drug-likeness (QED) is 0.296. The summed E-state index contributed by atoms with van der Waals surface area (Å²) >= 11 is 12.7. The number of piperidine rings is 1. The van der Waals surface area contributed by atoms with Gasteiger partial charge in [0.2, 0.25) is 15.9 Å². The Morgan fingerprint density at radius 3 is 2.32 bits per heavy atom. The van der Waals surface area contributed by atoms with Crippen molar-refractivity contribution in [2.45, 2.75) is 88.0 Å². The van der Waals surface area contributed by atoms with E-state index in [0.717, 1.165) is 36.8 Å². The second kappa shape index (κ2) is 12.2. The maximum atomic E-state index is 14.7. The number of hydrogen-bond acceptors (Lipinski definition) is 4. The van der Waals surface area contributed by atoms with Crippen LogP contribution in [0.3, 0.4) is 0 Å². The van der Waals surface area contributed by atoms with Gasteiger partial charge in [0.25, 0.3) is 0 Å². The van der Waals surface area contributed by atoms with E-state index >= 15 is 0 Å². The molecule has 4 unspecified atom stereocenters. The average Bonchev–Trinajstić information content (AvgIpc) is 3.61. The smallest absolute Gasteiger partial charge is 0.304 e. The van der Waals surface area contributed by atoms with Gasteiger partial charge in [-0.25, -0.2) is 13.1 Å². The first kappa shape index (κ1) is 30.3. The van der Waals surface area contributed by atoms with E-state index in [1.54, 1.807) is 18.2 Å². The van der Waals surface area contributed by atoms with Crippen molar-refractivity contribution < 1.29 is 23.1 Å². The van der Waals surface area contributed by atoms with Crippen LogP contribution in [0.4, 0.5) is 0 Å². The van der Waals surface area contributed by atoms with Crippen molar-refractivity contribution in [1.82, 2.24) is 9.62 Å². The third-order valence-corrected chi connectivity index (χ3v) is 11.8. The number of rotatable bonds is 11. The molecule has 222 valence electrons. The van der Waals surface area contributed by atoms with E-state index in [2.05, 4.69) is 4.72 Å². The molecular formula is C31H38Cl2N2O5S. The molecule has 0 spiro atoms. The van der Waals surface area contributed by atoms with E-state index < -0.39 is 38.7 Å². The highest BCUT2D eigenvalue weighted by Gasteiger charge is 2.55. The molecule has 2 aliphatic carbocycles. The second-order valence-electron chi connectivity index (χ2n) is 12.0. The molecule has 2 aromatic carbocycles. The van der Waals surface area contributed by atoms with Gasteiger partial charge >= 0.3 is 5.97 Å². The molecule has 1 saturated heterocycles. The topological polar surface area (TPSA) is 104 Å². The second-order valence-corrected chi connectivity index (χ2v) is 14.9. The molecular weight excluding hydrogens is 583 g/mol. The van der Waals surface area contributed by atoms with Gasteiger partial charge in [0.15, 0.2) is 0 Å². The van der Waals surface area contributed by atoms with Crippen molar-refractivity contribution in [3.8, 4) is 0 Å². The molecule has 0 bridgehead atoms. The fraction of sp³-hybridized carbons (Fsp3) is 0.548. The predicted octanol–water partition coefficient (Wildman–Crippen LogP) is 6.56. The van der Waals surface area contributed by atoms with Gasteiger partial charge in [0, 0.05) is 28.5 Å². The standard InChI is InChI=1S/C31H38Cl2N2O5S/c1-2-31(18-28(36)37)17-26(22-6-5-7-24(33)16-22)29(21-12-14-23(32)15-13-21)35(30(31)38)27(20-10-11-20)19-34-41(39,40)25-8-3-4-9-25/h5-7,12-16,20,25-27,29,34H,2-4,8-11,17-19H2,1H3,(H,36,37). The Labute approximate surface area is 252 Å². The van der Waals surface area contributed by atoms with Crippen molar-refractivity contribution in [3.05, 3.63) is 69.7 Å². The summed E-state index contributed by atoms with van der Waals surface area (Å²) < 4.78 is 29.4. The zero-order valence-electron chi connectivity index (χ0n) is 23.3. The van der Waals surface area contributed by atoms with Crippen LogP contribution >= 0.6 is 23.2 Å². The molecule has 0 radical (unpaired) electrons. The monoisotopic (exact) mass is 620 g/mol. The Morgan fingerprint density at radius 1 is 1.05 bits per heavy atom. The Morgan fingerprint density at radius 2 is 1.73 bits per heavy atom. The number of sulfonamides is 1. The summed E-state index contributed by atoms with van der Waals surface area (Å²) in [6.07, 6.45) is 5.25. The molecule has 10 heteroatoms. The first-order valence-corrected chi connectivity index (χ1v) is 16.9. The van der Waals surface area contributed by atoms with Gasteiger partial charge in [-0.1, -0.05) is 67.2 Å². The number of benzene rings is 2. The van der Waals surface area contributed by atoms with Crippen LogP contribution in [-0.4, -0.2) is 48.1 Å². The fourth-order valence-electron chi connectivity index (χ4n) is 7.01. The molecule has 2 saturated carbocycles. The maximum absolute atomic E-state index is 14.7. The molecule has 7 nitrogen and oxygen atoms in total. The SMILES string of the molecule is CCC1(CC(=O)O)CC(c2cccc(Cl)c2)C(c2ccc(Cl)cc2)N(C(CNS(=O)(=O)C2CCCC2)C2CC2)C1=O. The minimum absolute atomic E-state index is 0.106. The third kappa shape index (κ3) is 6.46. The van der Waals surface area contributed by atoms with Crippen molar-refractivity contribution >= 4 is 45.1 Å². The fourth-order valence-corrected chi connectivity index (χ4v) is 8.93. The lowest BCUT2D eigenvalue weighted by atomic mass is 9.64. The molecule has 1 aliphatic heterocycles. The van der Waals surface area contributed by atoms with Crippen LogP contribution < -0.4 is 4.72 Å². The number of carbonyl (C=O) groups is 2. The summed E-state index contributed by atoms with van der Waals surface area (Å²) in [5.74, 6) is -1.39. The van der Waals surface area contributed by atoms with Crippen molar-refractivity contribution in [2.75, 3.05) is 6.54 Å². The van der Waals surface area contributed by atoms with Crippen LogP contribution in [-0.2, 0) is 19.6 Å². The van der Waals surface area contributed by atoms with Crippen LogP contribution in [0.1, 0.15) is 87.8 Å². The molecule has 3 fully saturated rings. The first-order valence-electron chi connectivity index (χ1n) is 14.6. The van der Waals surface area contributed by atoms with Gasteiger partial charge in [-0.3, -0.25) is 9.59 Å². The number of hydrogen-bond donors (Lipinski definition) is 2. The Balaban J connectivity index is 1.63. The van der Waals surface area contributed by atoms with Crippen LogP contribution in [0.25, 0.3) is 0 Å². The van der Waals surface area contributed by atoms with E-state index in [-0.39, 0.29) is 30.7 Å². The molecule has 2 N–H and O–H groups in total. The largest absolute Gasteiger partial charge is 0.481 e. The molecule has 4 atom stereocenters. The third-order valence-electron chi connectivity index (χ3n) is 9.39. The van der Waals surface area contributed by atoms with E-state index in [1.807, 2.05) is 42.2 Å². The molecule has 41 heavy (non-hydrogen) atoms. The summed E-state index contributed by atoms with van der Waals surface area (Å²) in [7, 11) is -3.55. The van der Waals surface area contributed by atoms with Crippen molar-refractivity contribution in [2.24, 2.45) is 11.3 Å². The molecule has 0 aromatic heterocycles. The molecule has 5 rings (SSSR count). The zero-order valence-corrected chi connectivity index (χ0v) is 25.6. The van der Waals surface area contributed by atoms with E-state index in [9.17, 15) is 23.1 Å². The predicted molar refractivity (Wildman–Crippen MR) is 161 cm³/mol. The number of likely N-dealkylation sites (tertiary alicyclic amines) is 1. The van der Waals surface area contributed by atoms with Crippen LogP contribution in [0.15, 0.2) is 48.5 Å². The summed E-state index contributed by atoms with van der Waals surface area (Å²) in [4.78, 5) is 28.7. The Hall–Kier alpha value is -2.13. The Kier molecular flexibility index (Phi) is 9.05. The van der Waals surface area contributed by atoms with Gasteiger partial charge in [0.1, 0.15) is 0 Å². The number of carbonyl (C=O) groups excluding carboxylic acids is 1. The number of aliphatic carboxylic acids is 1. The lowest BCUT2D eigenvalue weighted by Crippen LogP contribution is -2.59. The van der Waals surface area contributed by atoms with Gasteiger partial charge in [-0.05, 0) is 79.8 Å². The minimum Gasteiger partial charge on any atom is -0.481 e. The summed E-state index contributed by atoms with van der Waals surface area (Å²) in [5, 5.41) is 10.7. The highest BCUT2D eigenvalue weighted by atomic mass is 35.5. The lowest BCUT2D eigenvalue weighted by Gasteiger charge is -2.53. The highest BCUT2D eigenvalue weighted by molar-refractivity contribution is 7.90. The van der Waals surface area contributed by atoms with Crippen molar-refractivity contribution in [3.63, 3.8) is 0 Å². The zero-order chi connectivity index (χ0) is 29.4. The van der Waals surface area contributed by atoms with Crippen LogP contribution in [0.2, 0.25) is 10.0 Å². The normalized spacial score (nSPS) is 26.3. The van der Waals surface area contributed by atoms with Gasteiger partial charge in [-0.2, -0.15) is 0 Å². The number of amides is 1. The van der Waals surface area contributed by atoms with Gasteiger partial charge in [-0.15, -0.1) is 0 Å².